The van der Waals surface area contributed by atoms with E-state index in [4.69, 9.17) is 0 Å². The number of likely N-dealkylation sites (N-methyl/N-ethyl adjacent to an activating group) is 1. The summed E-state index contributed by atoms with van der Waals surface area (Å²) in [6.07, 6.45) is 5.13. The first-order chi connectivity index (χ1) is 16.1. The number of fused-ring (bicyclic) bond motifs is 1. The summed E-state index contributed by atoms with van der Waals surface area (Å²) < 4.78 is 0. The van der Waals surface area contributed by atoms with Gasteiger partial charge in [0.05, 0.1) is 0 Å². The molecule has 0 saturated heterocycles. The average Bonchev–Trinajstić information content (AvgIpc) is 3.32. The van der Waals surface area contributed by atoms with Crippen molar-refractivity contribution in [1.29, 1.82) is 0 Å². The number of hydrogen-bond acceptors (Lipinski definition) is 2. The van der Waals surface area contributed by atoms with Gasteiger partial charge in [-0.15, -0.1) is 40.8 Å². The molecule has 1 N–H and O–H groups in total. The second-order valence-corrected chi connectivity index (χ2v) is 8.57. The molecule has 0 amide bonds. The minimum atomic E-state index is -0.516. The topological polar surface area (TPSA) is 23.5 Å². The maximum Gasteiger partial charge on any atom is 3.00 e. The van der Waals surface area contributed by atoms with Crippen molar-refractivity contribution in [3.8, 4) is 0 Å². The van der Waals surface area contributed by atoms with E-state index in [1.54, 1.807) is 0 Å². The quantitative estimate of drug-likeness (QED) is 0.292. The van der Waals surface area contributed by atoms with Gasteiger partial charge in [-0.25, -0.2) is 0 Å². The number of allylic oxidation sites excluding steroid dienone is 2. The minimum absolute atomic E-state index is 0. The summed E-state index contributed by atoms with van der Waals surface area (Å²) in [6, 6.07) is 35.6. The first-order valence-electron chi connectivity index (χ1n) is 11.3. The van der Waals surface area contributed by atoms with Crippen LogP contribution < -0.4 is 24.8 Å². The third kappa shape index (κ3) is 8.74. The van der Waals surface area contributed by atoms with Crippen LogP contribution in [0.2, 0.25) is 0 Å². The van der Waals surface area contributed by atoms with E-state index in [0.717, 1.165) is 24.1 Å². The third-order valence-electron chi connectivity index (χ3n) is 5.68. The van der Waals surface area contributed by atoms with Crippen LogP contribution >= 0.6 is 0 Å². The van der Waals surface area contributed by atoms with E-state index in [-0.39, 0.29) is 46.5 Å². The van der Waals surface area contributed by atoms with Gasteiger partial charge in [-0.2, -0.15) is 0 Å². The molecule has 0 fully saturated rings. The van der Waals surface area contributed by atoms with Gasteiger partial charge in [0.1, 0.15) is 6.10 Å². The summed E-state index contributed by atoms with van der Waals surface area (Å²) in [4.78, 5) is 2.20. The fourth-order valence-electron chi connectivity index (χ4n) is 4.01. The van der Waals surface area contributed by atoms with Gasteiger partial charge < -0.3 is 34.8 Å². The van der Waals surface area contributed by atoms with E-state index in [2.05, 4.69) is 73.6 Å². The monoisotopic (exact) mass is 550 g/mol. The van der Waals surface area contributed by atoms with Crippen molar-refractivity contribution < 1.29 is 51.6 Å². The van der Waals surface area contributed by atoms with Gasteiger partial charge in [-0.1, -0.05) is 96.4 Å². The summed E-state index contributed by atoms with van der Waals surface area (Å²) in [6.45, 7) is 1.01. The molecule has 0 aliphatic heterocycles. The first-order valence-corrected chi connectivity index (χ1v) is 11.3. The Balaban J connectivity index is 0.000000345. The molecule has 1 aliphatic rings. The Kier molecular flexibility index (Phi) is 14.0. The Morgan fingerprint density at radius 3 is 1.92 bits per heavy atom. The van der Waals surface area contributed by atoms with Crippen LogP contribution in [0.5, 0.6) is 0 Å². The molecular formula is C31H30Cl2NOTi. The molecule has 4 aromatic rings. The minimum Gasteiger partial charge on any atom is -1.00 e. The van der Waals surface area contributed by atoms with E-state index in [0.29, 0.717) is 0 Å². The number of rotatable bonds is 5. The summed E-state index contributed by atoms with van der Waals surface area (Å²) in [5.41, 5.74) is 5.87. The second-order valence-electron chi connectivity index (χ2n) is 8.57. The van der Waals surface area contributed by atoms with Crippen molar-refractivity contribution in [3.05, 3.63) is 138 Å². The second kappa shape index (κ2) is 15.8. The predicted molar refractivity (Wildman–Crippen MR) is 139 cm³/mol. The van der Waals surface area contributed by atoms with E-state index in [1.165, 1.54) is 27.5 Å². The van der Waals surface area contributed by atoms with Crippen molar-refractivity contribution in [3.63, 3.8) is 0 Å². The van der Waals surface area contributed by atoms with Gasteiger partial charge in [-0.05, 0) is 37.2 Å². The molecule has 0 aromatic heterocycles. The van der Waals surface area contributed by atoms with Crippen molar-refractivity contribution in [2.24, 2.45) is 0 Å². The molecule has 0 heterocycles. The number of aliphatic hydroxyl groups excluding tert-OH is 1. The van der Waals surface area contributed by atoms with Crippen molar-refractivity contribution >= 4 is 16.3 Å². The first kappa shape index (κ1) is 31.9. The van der Waals surface area contributed by atoms with Gasteiger partial charge in [0.25, 0.3) is 0 Å². The standard InChI is InChI=1S/C18H18N.C13H12O.2ClH.Ti/c1-19(2)13-14-7-8-17(11-14)18-10-9-15-5-3-4-6-16(15)12-18;14-13(11-7-3-1-4-8-11)12-9-5-2-6-10-12;;;/h3-7,9-11H,8,13H2,1-2H3;1-10,13-14H;2*1H;/q-1;;;;+3/p-2. The van der Waals surface area contributed by atoms with Crippen molar-refractivity contribution in [2.45, 2.75) is 12.5 Å². The normalized spacial score (nSPS) is 11.9. The zero-order chi connectivity index (χ0) is 23.0. The average molecular weight is 551 g/mol. The van der Waals surface area contributed by atoms with Gasteiger partial charge >= 0.3 is 21.7 Å². The Labute approximate surface area is 242 Å². The molecule has 0 saturated carbocycles. The van der Waals surface area contributed by atoms with E-state index in [1.807, 2.05) is 60.7 Å². The molecular weight excluding hydrogens is 521 g/mol. The Hall–Kier alpha value is -2.17. The number of halogens is 2. The molecule has 2 nitrogen and oxygen atoms in total. The molecule has 1 radical (unpaired) electrons. The smallest absolute Gasteiger partial charge is 1.00 e. The maximum atomic E-state index is 9.99. The van der Waals surface area contributed by atoms with Crippen LogP contribution in [0, 0.1) is 6.07 Å². The number of nitrogens with zero attached hydrogens (tertiary/aromatic N) is 1. The van der Waals surface area contributed by atoms with E-state index < -0.39 is 6.10 Å². The van der Waals surface area contributed by atoms with Gasteiger partial charge in [0.15, 0.2) is 0 Å². The summed E-state index contributed by atoms with van der Waals surface area (Å²) in [5.74, 6) is 0. The zero-order valence-electron chi connectivity index (χ0n) is 20.5. The van der Waals surface area contributed by atoms with E-state index >= 15 is 0 Å². The van der Waals surface area contributed by atoms with Gasteiger partial charge in [0.2, 0.25) is 0 Å². The van der Waals surface area contributed by atoms with Crippen LogP contribution in [0.3, 0.4) is 0 Å². The van der Waals surface area contributed by atoms with Crippen LogP contribution in [0.4, 0.5) is 0 Å². The number of hydrogen-bond donors (Lipinski definition) is 1. The van der Waals surface area contributed by atoms with Crippen LogP contribution in [0.1, 0.15) is 29.2 Å². The number of benzene rings is 4. The van der Waals surface area contributed by atoms with E-state index in [9.17, 15) is 5.11 Å². The fraction of sp³-hybridized carbons (Fsp3) is 0.161. The molecule has 0 bridgehead atoms. The van der Waals surface area contributed by atoms with Crippen LogP contribution in [0.25, 0.3) is 16.3 Å². The zero-order valence-corrected chi connectivity index (χ0v) is 23.6. The van der Waals surface area contributed by atoms with Crippen molar-refractivity contribution in [1.82, 2.24) is 4.90 Å². The molecule has 36 heavy (non-hydrogen) atoms. The van der Waals surface area contributed by atoms with Gasteiger partial charge in [-0.3, -0.25) is 0 Å². The predicted octanol–water partition coefficient (Wildman–Crippen LogP) is 0.689. The largest absolute Gasteiger partial charge is 3.00 e. The Morgan fingerprint density at radius 1 is 0.778 bits per heavy atom. The van der Waals surface area contributed by atoms with Crippen molar-refractivity contribution in [2.75, 3.05) is 20.6 Å². The molecule has 183 valence electrons. The third-order valence-corrected chi connectivity index (χ3v) is 5.68. The molecule has 0 atom stereocenters. The fourth-order valence-corrected chi connectivity index (χ4v) is 4.01. The molecule has 4 aromatic carbocycles. The van der Waals surface area contributed by atoms with Crippen LogP contribution in [-0.4, -0.2) is 30.6 Å². The molecule has 0 spiro atoms. The molecule has 5 heteroatoms. The van der Waals surface area contributed by atoms with Crippen LogP contribution in [0.15, 0.2) is 115 Å². The SMILES string of the molecule is CN(C)CC1=CCC(c2[c-]c3ccccc3cc2)=C1.OC(c1ccccc1)c1ccccc1.[Cl-].[Cl-].[Ti+3]. The summed E-state index contributed by atoms with van der Waals surface area (Å²) in [7, 11) is 4.21. The molecule has 1 aliphatic carbocycles. The molecule has 0 unspecified atom stereocenters. The Morgan fingerprint density at radius 2 is 1.33 bits per heavy atom. The summed E-state index contributed by atoms with van der Waals surface area (Å²) in [5, 5.41) is 12.4. The van der Waals surface area contributed by atoms with Gasteiger partial charge in [0, 0.05) is 6.54 Å². The van der Waals surface area contributed by atoms with Crippen LogP contribution in [-0.2, 0) is 21.7 Å². The Bertz CT molecular complexity index is 1220. The number of aliphatic hydroxyl groups is 1. The maximum absolute atomic E-state index is 9.99. The summed E-state index contributed by atoms with van der Waals surface area (Å²) >= 11 is 0. The molecule has 5 rings (SSSR count).